The number of hydrogen-bond acceptors (Lipinski definition) is 5. The van der Waals surface area contributed by atoms with E-state index in [-0.39, 0.29) is 0 Å². The minimum absolute atomic E-state index is 1.02. The first-order valence-electron chi connectivity index (χ1n) is 2.18. The molecule has 0 aliphatic heterocycles. The molecule has 9 heavy (non-hydrogen) atoms. The summed E-state index contributed by atoms with van der Waals surface area (Å²) in [5.41, 5.74) is 2.03. The lowest BCUT2D eigenvalue weighted by atomic mass is 10.7. The molecule has 0 atom stereocenters. The van der Waals surface area contributed by atoms with E-state index in [2.05, 4.69) is 9.57 Å². The summed E-state index contributed by atoms with van der Waals surface area (Å²) in [6, 6.07) is 0. The van der Waals surface area contributed by atoms with Gasteiger partial charge in [-0.05, 0) is 0 Å². The molecule has 5 nitrogen and oxygen atoms in total. The fourth-order valence-electron chi connectivity index (χ4n) is 0.218. The van der Waals surface area contributed by atoms with Gasteiger partial charge >= 0.3 is 11.9 Å². The third-order valence-electron chi connectivity index (χ3n) is 0.547. The molecule has 0 spiro atoms. The topological polar surface area (TPSA) is 64.6 Å². The molecule has 0 unspecified atom stereocenters. The second-order valence-electron chi connectivity index (χ2n) is 1.09. The van der Waals surface area contributed by atoms with Gasteiger partial charge in [0, 0.05) is 7.05 Å². The van der Waals surface area contributed by atoms with E-state index in [0.717, 1.165) is 7.11 Å². The molecule has 0 aromatic rings. The second-order valence-corrected chi connectivity index (χ2v) is 1.09. The van der Waals surface area contributed by atoms with E-state index in [4.69, 9.17) is 0 Å². The molecule has 0 heterocycles. The van der Waals surface area contributed by atoms with Crippen molar-refractivity contribution < 1.29 is 19.2 Å². The molecule has 0 fully saturated rings. The van der Waals surface area contributed by atoms with Crippen LogP contribution in [-0.2, 0) is 19.2 Å². The third-order valence-corrected chi connectivity index (χ3v) is 0.547. The standard InChI is InChI=1S/C4H7NO4/c1-5-9-4(7)3(6)8-2/h5H,1-2H3. The number of rotatable bonds is 1. The fraction of sp³-hybridized carbons (Fsp3) is 0.500. The van der Waals surface area contributed by atoms with Gasteiger partial charge in [0.15, 0.2) is 0 Å². The van der Waals surface area contributed by atoms with Crippen LogP contribution >= 0.6 is 0 Å². The summed E-state index contributed by atoms with van der Waals surface area (Å²) in [7, 11) is 2.46. The van der Waals surface area contributed by atoms with Gasteiger partial charge in [0.2, 0.25) is 0 Å². The zero-order valence-electron chi connectivity index (χ0n) is 5.13. The van der Waals surface area contributed by atoms with E-state index >= 15 is 0 Å². The molecule has 52 valence electrons. The monoisotopic (exact) mass is 133 g/mol. The van der Waals surface area contributed by atoms with Crippen molar-refractivity contribution in [1.82, 2.24) is 5.48 Å². The Balaban J connectivity index is 3.60. The van der Waals surface area contributed by atoms with Gasteiger partial charge in [-0.15, -0.1) is 0 Å². The van der Waals surface area contributed by atoms with Crippen LogP contribution in [0.25, 0.3) is 0 Å². The minimum atomic E-state index is -1.06. The highest BCUT2D eigenvalue weighted by Crippen LogP contribution is 1.75. The van der Waals surface area contributed by atoms with Crippen molar-refractivity contribution in [2.45, 2.75) is 0 Å². The summed E-state index contributed by atoms with van der Waals surface area (Å²) < 4.78 is 4.01. The number of carbonyl (C=O) groups excluding carboxylic acids is 2. The molecular weight excluding hydrogens is 126 g/mol. The normalized spacial score (nSPS) is 8.22. The number of nitrogens with one attached hydrogen (secondary N) is 1. The Hall–Kier alpha value is -1.10. The molecule has 0 aromatic heterocycles. The van der Waals surface area contributed by atoms with Crippen LogP contribution in [0.4, 0.5) is 0 Å². The van der Waals surface area contributed by atoms with Crippen LogP contribution in [0.2, 0.25) is 0 Å². The van der Waals surface area contributed by atoms with Crippen LogP contribution in [0.15, 0.2) is 0 Å². The Kier molecular flexibility index (Phi) is 3.38. The lowest BCUT2D eigenvalue weighted by Gasteiger charge is -1.96. The Morgan fingerprint density at radius 3 is 2.22 bits per heavy atom. The average Bonchev–Trinajstić information content (AvgIpc) is 1.87. The van der Waals surface area contributed by atoms with Gasteiger partial charge in [-0.2, -0.15) is 5.48 Å². The van der Waals surface area contributed by atoms with Gasteiger partial charge in [-0.3, -0.25) is 0 Å². The predicted molar refractivity (Wildman–Crippen MR) is 27.2 cm³/mol. The van der Waals surface area contributed by atoms with E-state index in [1.54, 1.807) is 0 Å². The van der Waals surface area contributed by atoms with Gasteiger partial charge in [0.05, 0.1) is 7.11 Å². The predicted octanol–water partition coefficient (Wildman–Crippen LogP) is -1.16. The highest BCUT2D eigenvalue weighted by molar-refractivity contribution is 6.29. The Morgan fingerprint density at radius 1 is 1.33 bits per heavy atom. The summed E-state index contributed by atoms with van der Waals surface area (Å²) in [4.78, 5) is 24.4. The number of carbonyl (C=O) groups is 2. The first-order valence-corrected chi connectivity index (χ1v) is 2.18. The lowest BCUT2D eigenvalue weighted by molar-refractivity contribution is -0.169. The van der Waals surface area contributed by atoms with Gasteiger partial charge in [0.1, 0.15) is 0 Å². The van der Waals surface area contributed by atoms with E-state index in [9.17, 15) is 9.59 Å². The van der Waals surface area contributed by atoms with E-state index in [0.29, 0.717) is 0 Å². The molecule has 1 N–H and O–H groups in total. The van der Waals surface area contributed by atoms with Crippen molar-refractivity contribution >= 4 is 11.9 Å². The maximum absolute atomic E-state index is 10.2. The zero-order chi connectivity index (χ0) is 7.28. The number of ether oxygens (including phenoxy) is 1. The molecule has 0 saturated heterocycles. The average molecular weight is 133 g/mol. The van der Waals surface area contributed by atoms with Crippen LogP contribution in [0.1, 0.15) is 0 Å². The van der Waals surface area contributed by atoms with Crippen LogP contribution < -0.4 is 5.48 Å². The number of methoxy groups -OCH3 is 1. The van der Waals surface area contributed by atoms with Crippen LogP contribution in [0.3, 0.4) is 0 Å². The molecule has 5 heteroatoms. The van der Waals surface area contributed by atoms with Gasteiger partial charge < -0.3 is 9.57 Å². The van der Waals surface area contributed by atoms with E-state index in [1.807, 2.05) is 5.48 Å². The van der Waals surface area contributed by atoms with Crippen molar-refractivity contribution in [3.05, 3.63) is 0 Å². The smallest absolute Gasteiger partial charge is 0.436 e. The van der Waals surface area contributed by atoms with E-state index in [1.165, 1.54) is 7.05 Å². The number of hydroxylamine groups is 1. The number of esters is 1. The summed E-state index contributed by atoms with van der Waals surface area (Å²) >= 11 is 0. The summed E-state index contributed by atoms with van der Waals surface area (Å²) in [6.07, 6.45) is 0. The molecule has 0 aliphatic rings. The molecular formula is C4H7NO4. The summed E-state index contributed by atoms with van der Waals surface area (Å²) in [5, 5.41) is 0. The summed E-state index contributed by atoms with van der Waals surface area (Å²) in [6.45, 7) is 0. The van der Waals surface area contributed by atoms with Crippen molar-refractivity contribution in [2.75, 3.05) is 14.2 Å². The summed E-state index contributed by atoms with van der Waals surface area (Å²) in [5.74, 6) is -2.08. The SMILES string of the molecule is CNOC(=O)C(=O)OC. The molecule has 0 aliphatic carbocycles. The number of hydrogen-bond donors (Lipinski definition) is 1. The quantitative estimate of drug-likeness (QED) is 0.277. The molecule has 0 rings (SSSR count). The molecule has 0 amide bonds. The van der Waals surface area contributed by atoms with E-state index < -0.39 is 11.9 Å². The second kappa shape index (κ2) is 3.85. The van der Waals surface area contributed by atoms with Crippen molar-refractivity contribution in [3.8, 4) is 0 Å². The lowest BCUT2D eigenvalue weighted by Crippen LogP contribution is -2.24. The molecule has 0 bridgehead atoms. The maximum Gasteiger partial charge on any atom is 0.436 e. The molecule has 0 radical (unpaired) electrons. The Labute approximate surface area is 51.9 Å². The largest absolute Gasteiger partial charge is 0.461 e. The third kappa shape index (κ3) is 2.65. The van der Waals surface area contributed by atoms with Crippen molar-refractivity contribution in [2.24, 2.45) is 0 Å². The van der Waals surface area contributed by atoms with Gasteiger partial charge in [-0.25, -0.2) is 9.59 Å². The molecule has 0 saturated carbocycles. The highest BCUT2D eigenvalue weighted by Gasteiger charge is 2.14. The Bertz CT molecular complexity index is 122. The van der Waals surface area contributed by atoms with Gasteiger partial charge in [-0.1, -0.05) is 0 Å². The highest BCUT2D eigenvalue weighted by atomic mass is 16.7. The van der Waals surface area contributed by atoms with Gasteiger partial charge in [0.25, 0.3) is 0 Å². The molecule has 0 aromatic carbocycles. The first-order chi connectivity index (χ1) is 4.22. The van der Waals surface area contributed by atoms with Crippen molar-refractivity contribution in [3.63, 3.8) is 0 Å². The zero-order valence-corrected chi connectivity index (χ0v) is 5.13. The maximum atomic E-state index is 10.2. The fourth-order valence-corrected chi connectivity index (χ4v) is 0.218. The Morgan fingerprint density at radius 2 is 1.89 bits per heavy atom. The first kappa shape index (κ1) is 7.90. The van der Waals surface area contributed by atoms with Crippen LogP contribution in [0.5, 0.6) is 0 Å². The minimum Gasteiger partial charge on any atom is -0.461 e. The van der Waals surface area contributed by atoms with Crippen molar-refractivity contribution in [1.29, 1.82) is 0 Å². The van der Waals surface area contributed by atoms with Crippen LogP contribution in [0, 0.1) is 0 Å². The van der Waals surface area contributed by atoms with Crippen LogP contribution in [-0.4, -0.2) is 26.1 Å².